The topological polar surface area (TPSA) is 95.9 Å². The highest BCUT2D eigenvalue weighted by molar-refractivity contribution is 5.76. The minimum atomic E-state index is -0.881. The molecule has 0 bridgehead atoms. The van der Waals surface area contributed by atoms with Gasteiger partial charge in [-0.2, -0.15) is 0 Å². The number of hydrogen-bond acceptors (Lipinski definition) is 5. The number of hydrogen-bond donors (Lipinski definition) is 3. The Bertz CT molecular complexity index is 1160. The predicted octanol–water partition coefficient (Wildman–Crippen LogP) is 17.6. The maximum Gasteiger partial charge on any atom is 0.305 e. The van der Waals surface area contributed by atoms with E-state index in [0.29, 0.717) is 25.9 Å². The molecule has 0 aliphatic heterocycles. The summed E-state index contributed by atoms with van der Waals surface area (Å²) in [5, 5.41) is 23.0. The molecule has 0 aromatic carbocycles. The van der Waals surface area contributed by atoms with Crippen molar-refractivity contribution in [1.82, 2.24) is 5.32 Å². The van der Waals surface area contributed by atoms with Crippen LogP contribution in [-0.2, 0) is 14.3 Å². The van der Waals surface area contributed by atoms with E-state index in [1.807, 2.05) is 12.2 Å². The molecule has 0 aliphatic rings. The van der Waals surface area contributed by atoms with Crippen LogP contribution in [0.4, 0.5) is 0 Å². The number of amides is 1. The van der Waals surface area contributed by atoms with Crippen LogP contribution in [0.2, 0.25) is 0 Å². The first-order valence-electron chi connectivity index (χ1n) is 28.6. The molecular weight excluding hydrogens is 815 g/mol. The fraction of sp³-hybridized carbons (Fsp3) is 0.800. The van der Waals surface area contributed by atoms with E-state index >= 15 is 0 Å². The molecule has 1 amide bonds. The van der Waals surface area contributed by atoms with E-state index in [9.17, 15) is 19.8 Å². The van der Waals surface area contributed by atoms with Crippen molar-refractivity contribution in [3.05, 3.63) is 60.8 Å². The summed E-state index contributed by atoms with van der Waals surface area (Å²) >= 11 is 0. The van der Waals surface area contributed by atoms with Crippen LogP contribution in [0, 0.1) is 0 Å². The zero-order chi connectivity index (χ0) is 47.9. The molecule has 6 heteroatoms. The third-order valence-electron chi connectivity index (χ3n) is 12.8. The Morgan fingerprint density at radius 1 is 0.424 bits per heavy atom. The molecular formula is C60H109NO5. The molecule has 0 aromatic rings. The highest BCUT2D eigenvalue weighted by Crippen LogP contribution is 2.16. The van der Waals surface area contributed by atoms with Gasteiger partial charge in [-0.25, -0.2) is 0 Å². The Kier molecular flexibility index (Phi) is 53.1. The number of unbranched alkanes of at least 4 members (excludes halogenated alkanes) is 33. The molecule has 0 saturated carbocycles. The number of esters is 1. The molecule has 0 spiro atoms. The highest BCUT2D eigenvalue weighted by atomic mass is 16.5. The van der Waals surface area contributed by atoms with Crippen LogP contribution in [0.25, 0.3) is 0 Å². The zero-order valence-corrected chi connectivity index (χ0v) is 43.7. The molecule has 0 fully saturated rings. The molecule has 6 nitrogen and oxygen atoms in total. The van der Waals surface area contributed by atoms with E-state index < -0.39 is 12.1 Å². The summed E-state index contributed by atoms with van der Waals surface area (Å²) in [6.07, 6.45) is 71.0. The Morgan fingerprint density at radius 2 is 0.773 bits per heavy atom. The molecule has 0 radical (unpaired) electrons. The van der Waals surface area contributed by atoms with Gasteiger partial charge in [-0.05, 0) is 83.5 Å². The van der Waals surface area contributed by atoms with Gasteiger partial charge in [0.15, 0.2) is 0 Å². The number of carbonyl (C=O) groups excluding carboxylic acids is 2. The molecule has 66 heavy (non-hydrogen) atoms. The van der Waals surface area contributed by atoms with Gasteiger partial charge >= 0.3 is 5.97 Å². The lowest BCUT2D eigenvalue weighted by Crippen LogP contribution is -2.45. The van der Waals surface area contributed by atoms with Crippen molar-refractivity contribution in [2.24, 2.45) is 0 Å². The number of allylic oxidation sites excluding steroid dienone is 9. The Morgan fingerprint density at radius 3 is 1.21 bits per heavy atom. The molecule has 0 rings (SSSR count). The zero-order valence-electron chi connectivity index (χ0n) is 43.7. The SMILES string of the molecule is CCCCC/C=C\C/C=C\CCCCCCCCCCCC(=O)OCCCCCCCC/C=C\C/C=C\CCC(=O)NC(CO)C(O)/C=C/CCCCCCCCCCCCCCCCC. The quantitative estimate of drug-likeness (QED) is 0.0321. The summed E-state index contributed by atoms with van der Waals surface area (Å²) < 4.78 is 5.47. The molecule has 0 saturated heterocycles. The van der Waals surface area contributed by atoms with Gasteiger partial charge in [0.05, 0.1) is 25.4 Å². The van der Waals surface area contributed by atoms with Gasteiger partial charge in [0.1, 0.15) is 0 Å². The van der Waals surface area contributed by atoms with Gasteiger partial charge < -0.3 is 20.3 Å². The number of aliphatic hydroxyl groups is 2. The third kappa shape index (κ3) is 51.0. The molecule has 3 N–H and O–H groups in total. The summed E-state index contributed by atoms with van der Waals surface area (Å²) in [6.45, 7) is 4.81. The molecule has 2 unspecified atom stereocenters. The number of nitrogens with one attached hydrogen (secondary N) is 1. The van der Waals surface area contributed by atoms with Crippen LogP contribution in [0.5, 0.6) is 0 Å². The molecule has 384 valence electrons. The van der Waals surface area contributed by atoms with Crippen molar-refractivity contribution >= 4 is 11.9 Å². The maximum atomic E-state index is 12.4. The maximum absolute atomic E-state index is 12.4. The van der Waals surface area contributed by atoms with E-state index in [0.717, 1.165) is 57.8 Å². The summed E-state index contributed by atoms with van der Waals surface area (Å²) in [5.41, 5.74) is 0. The van der Waals surface area contributed by atoms with Crippen LogP contribution in [0.15, 0.2) is 60.8 Å². The van der Waals surface area contributed by atoms with Gasteiger partial charge in [-0.15, -0.1) is 0 Å². The summed E-state index contributed by atoms with van der Waals surface area (Å²) in [5.74, 6) is -0.172. The van der Waals surface area contributed by atoms with E-state index in [1.165, 1.54) is 193 Å². The monoisotopic (exact) mass is 924 g/mol. The number of aliphatic hydroxyl groups excluding tert-OH is 2. The average Bonchev–Trinajstić information content (AvgIpc) is 3.32. The largest absolute Gasteiger partial charge is 0.466 e. The van der Waals surface area contributed by atoms with Crippen molar-refractivity contribution in [2.45, 2.75) is 296 Å². The van der Waals surface area contributed by atoms with Crippen LogP contribution >= 0.6 is 0 Å². The fourth-order valence-corrected chi connectivity index (χ4v) is 8.36. The van der Waals surface area contributed by atoms with E-state index in [1.54, 1.807) is 6.08 Å². The highest BCUT2D eigenvalue weighted by Gasteiger charge is 2.17. The number of rotatable bonds is 52. The first-order chi connectivity index (χ1) is 32.5. The van der Waals surface area contributed by atoms with Crippen LogP contribution in [0.3, 0.4) is 0 Å². The van der Waals surface area contributed by atoms with Gasteiger partial charge in [0, 0.05) is 12.8 Å². The summed E-state index contributed by atoms with van der Waals surface area (Å²) in [4.78, 5) is 24.5. The van der Waals surface area contributed by atoms with Crippen molar-refractivity contribution in [3.63, 3.8) is 0 Å². The predicted molar refractivity (Wildman–Crippen MR) is 287 cm³/mol. The van der Waals surface area contributed by atoms with Crippen LogP contribution < -0.4 is 5.32 Å². The van der Waals surface area contributed by atoms with Crippen molar-refractivity contribution in [2.75, 3.05) is 13.2 Å². The Hall–Kier alpha value is -2.44. The minimum Gasteiger partial charge on any atom is -0.466 e. The van der Waals surface area contributed by atoms with Crippen molar-refractivity contribution < 1.29 is 24.5 Å². The fourth-order valence-electron chi connectivity index (χ4n) is 8.36. The molecule has 0 heterocycles. The minimum absolute atomic E-state index is 0.0229. The Labute approximate surface area is 409 Å². The van der Waals surface area contributed by atoms with Crippen LogP contribution in [0.1, 0.15) is 284 Å². The molecule has 0 aliphatic carbocycles. The molecule has 2 atom stereocenters. The van der Waals surface area contributed by atoms with Gasteiger partial charge in [0.2, 0.25) is 5.91 Å². The lowest BCUT2D eigenvalue weighted by Gasteiger charge is -2.19. The first-order valence-corrected chi connectivity index (χ1v) is 28.6. The lowest BCUT2D eigenvalue weighted by molar-refractivity contribution is -0.143. The smallest absolute Gasteiger partial charge is 0.305 e. The van der Waals surface area contributed by atoms with E-state index in [4.69, 9.17) is 4.74 Å². The van der Waals surface area contributed by atoms with Gasteiger partial charge in [-0.3, -0.25) is 9.59 Å². The lowest BCUT2D eigenvalue weighted by atomic mass is 10.0. The van der Waals surface area contributed by atoms with Gasteiger partial charge in [0.25, 0.3) is 0 Å². The second kappa shape index (κ2) is 55.2. The second-order valence-corrected chi connectivity index (χ2v) is 19.3. The van der Waals surface area contributed by atoms with Crippen LogP contribution in [-0.4, -0.2) is 47.4 Å². The van der Waals surface area contributed by atoms with E-state index in [2.05, 4.69) is 61.7 Å². The average molecular weight is 925 g/mol. The Balaban J connectivity index is 3.57. The van der Waals surface area contributed by atoms with Gasteiger partial charge in [-0.1, -0.05) is 248 Å². The standard InChI is InChI=1S/C60H109NO5/c1-3-5-7-9-11-13-15-17-19-21-22-24-26-30-34-38-42-46-50-54-60(65)66-55-51-47-43-39-35-31-27-29-33-37-41-45-49-53-59(64)61-57(56-62)58(63)52-48-44-40-36-32-28-25-23-20-18-16-14-12-10-8-6-4-2/h11,13,17,19,29,33,41,45,48,52,57-58,62-63H,3-10,12,14-16,18,20-28,30-32,34-40,42-44,46-47,49-51,53-56H2,1-2H3,(H,61,64)/b13-11-,19-17-,33-29-,45-41-,52-48+. The second-order valence-electron chi connectivity index (χ2n) is 19.3. The van der Waals surface area contributed by atoms with E-state index in [-0.39, 0.29) is 18.5 Å². The summed E-state index contributed by atoms with van der Waals surface area (Å²) in [6, 6.07) is -0.674. The third-order valence-corrected chi connectivity index (χ3v) is 12.8. The normalized spacial score (nSPS) is 13.1. The van der Waals surface area contributed by atoms with Crippen molar-refractivity contribution in [1.29, 1.82) is 0 Å². The summed E-state index contributed by atoms with van der Waals surface area (Å²) in [7, 11) is 0. The number of ether oxygens (including phenoxy) is 1. The van der Waals surface area contributed by atoms with Crippen molar-refractivity contribution in [3.8, 4) is 0 Å². The molecule has 0 aromatic heterocycles. The number of carbonyl (C=O) groups is 2. The first kappa shape index (κ1) is 63.6.